The van der Waals surface area contributed by atoms with E-state index in [-0.39, 0.29) is 17.4 Å². The van der Waals surface area contributed by atoms with Crippen molar-refractivity contribution in [1.29, 1.82) is 0 Å². The normalized spacial score (nSPS) is 16.5. The van der Waals surface area contributed by atoms with Crippen LogP contribution in [0.3, 0.4) is 0 Å². The van der Waals surface area contributed by atoms with E-state index in [2.05, 4.69) is 17.4 Å². The van der Waals surface area contributed by atoms with Crippen molar-refractivity contribution < 1.29 is 19.2 Å². The van der Waals surface area contributed by atoms with Crippen LogP contribution in [-0.2, 0) is 19.2 Å². The van der Waals surface area contributed by atoms with Gasteiger partial charge in [0.2, 0.25) is 5.76 Å². The van der Waals surface area contributed by atoms with Gasteiger partial charge in [0.05, 0.1) is 6.61 Å². The monoisotopic (exact) mass is 368 g/mol. The lowest BCUT2D eigenvalue weighted by Crippen LogP contribution is -2.26. The lowest BCUT2D eigenvalue weighted by atomic mass is 9.97. The molecule has 0 saturated carbocycles. The molecule has 0 aliphatic carbocycles. The molecule has 1 aromatic carbocycles. The van der Waals surface area contributed by atoms with Crippen molar-refractivity contribution >= 4 is 28.3 Å². The van der Waals surface area contributed by atoms with Crippen LogP contribution >= 0.6 is 0 Å². The van der Waals surface area contributed by atoms with E-state index >= 15 is 0 Å². The van der Waals surface area contributed by atoms with Crippen molar-refractivity contribution in [2.45, 2.75) is 45.6 Å². The topological polar surface area (TPSA) is 80.4 Å². The second-order valence-corrected chi connectivity index (χ2v) is 6.46. The van der Waals surface area contributed by atoms with Crippen molar-refractivity contribution in [1.82, 2.24) is 10.5 Å². The number of rotatable bonds is 8. The van der Waals surface area contributed by atoms with Gasteiger partial charge in [0, 0.05) is 16.8 Å². The highest BCUT2D eigenvalue weighted by atomic mass is 16.6. The predicted molar refractivity (Wildman–Crippen MR) is 103 cm³/mol. The number of aromatic nitrogens is 1. The Morgan fingerprint density at radius 2 is 2.11 bits per heavy atom. The minimum atomic E-state index is -0.498. The Morgan fingerprint density at radius 3 is 2.81 bits per heavy atom. The molecule has 0 spiro atoms. The van der Waals surface area contributed by atoms with E-state index in [1.165, 1.54) is 0 Å². The summed E-state index contributed by atoms with van der Waals surface area (Å²) >= 11 is 0. The number of aromatic amines is 1. The maximum absolute atomic E-state index is 12.7. The summed E-state index contributed by atoms with van der Waals surface area (Å²) in [4.78, 5) is 32.5. The minimum Gasteiger partial charge on any atom is -0.474 e. The number of hydroxylamine groups is 1. The number of hydrogen-bond donors (Lipinski definition) is 2. The first-order valence-electron chi connectivity index (χ1n) is 9.36. The second kappa shape index (κ2) is 8.71. The molecule has 1 atom stereocenters. The molecule has 1 aliphatic rings. The van der Waals surface area contributed by atoms with Gasteiger partial charge in [-0.05, 0) is 37.3 Å². The number of amides is 1. The summed E-state index contributed by atoms with van der Waals surface area (Å²) in [6.45, 7) is 4.21. The first-order chi connectivity index (χ1) is 13.2. The Bertz CT molecular complexity index is 873. The van der Waals surface area contributed by atoms with Crippen LogP contribution in [-0.4, -0.2) is 29.5 Å². The van der Waals surface area contributed by atoms with Crippen molar-refractivity contribution in [2.24, 2.45) is 0 Å². The highest BCUT2D eigenvalue weighted by Gasteiger charge is 2.37. The van der Waals surface area contributed by atoms with Gasteiger partial charge >= 0.3 is 0 Å². The summed E-state index contributed by atoms with van der Waals surface area (Å²) in [7, 11) is 0. The Balaban J connectivity index is 2.07. The zero-order valence-electron chi connectivity index (χ0n) is 15.6. The Labute approximate surface area is 158 Å². The van der Waals surface area contributed by atoms with Crippen LogP contribution in [0.4, 0.5) is 0 Å². The molecule has 1 unspecified atom stereocenters. The van der Waals surface area contributed by atoms with Crippen molar-refractivity contribution in [2.75, 3.05) is 6.61 Å². The minimum absolute atomic E-state index is 0.0673. The maximum Gasteiger partial charge on any atom is 0.279 e. The highest BCUT2D eigenvalue weighted by Crippen LogP contribution is 2.39. The molecule has 2 aromatic rings. The maximum atomic E-state index is 12.7. The molecule has 27 heavy (non-hydrogen) atoms. The molecule has 0 bridgehead atoms. The number of H-pyrrole nitrogens is 1. The molecular weight excluding hydrogens is 344 g/mol. The summed E-state index contributed by atoms with van der Waals surface area (Å²) in [6.07, 6.45) is 3.42. The smallest absolute Gasteiger partial charge is 0.279 e. The number of nitrogens with one attached hydrogen (secondary N) is 2. The largest absolute Gasteiger partial charge is 0.474 e. The third-order valence-corrected chi connectivity index (χ3v) is 4.60. The Hall–Kier alpha value is -2.82. The number of para-hydroxylation sites is 1. The fourth-order valence-electron chi connectivity index (χ4n) is 3.34. The van der Waals surface area contributed by atoms with Gasteiger partial charge in [0.25, 0.3) is 5.91 Å². The zero-order valence-corrected chi connectivity index (χ0v) is 15.6. The number of carbonyl (C=O) groups excluding carboxylic acids is 2. The highest BCUT2D eigenvalue weighted by molar-refractivity contribution is 6.08. The fourth-order valence-corrected chi connectivity index (χ4v) is 3.34. The average molecular weight is 368 g/mol. The average Bonchev–Trinajstić information content (AvgIpc) is 3.27. The first-order valence-corrected chi connectivity index (χ1v) is 9.36. The number of unbranched alkanes of at least 4 members (excludes halogenated alkanes) is 2. The number of benzene rings is 1. The predicted octanol–water partition coefficient (Wildman–Crippen LogP) is 3.68. The van der Waals surface area contributed by atoms with Gasteiger partial charge in [-0.1, -0.05) is 38.0 Å². The van der Waals surface area contributed by atoms with Crippen LogP contribution in [0, 0.1) is 0 Å². The van der Waals surface area contributed by atoms with Gasteiger partial charge < -0.3 is 9.72 Å². The molecule has 0 saturated heterocycles. The Morgan fingerprint density at radius 1 is 1.30 bits per heavy atom. The molecule has 6 heteroatoms. The van der Waals surface area contributed by atoms with E-state index in [1.807, 2.05) is 30.3 Å². The van der Waals surface area contributed by atoms with Gasteiger partial charge in [-0.15, -0.1) is 0 Å². The third kappa shape index (κ3) is 3.97. The van der Waals surface area contributed by atoms with Gasteiger partial charge in [-0.3, -0.25) is 9.63 Å². The first kappa shape index (κ1) is 19.0. The summed E-state index contributed by atoms with van der Waals surface area (Å²) < 4.78 is 5.82. The van der Waals surface area contributed by atoms with E-state index in [0.717, 1.165) is 42.3 Å². The summed E-state index contributed by atoms with van der Waals surface area (Å²) in [5.74, 6) is 1.22. The van der Waals surface area contributed by atoms with Gasteiger partial charge in [-0.2, -0.15) is 0 Å². The summed E-state index contributed by atoms with van der Waals surface area (Å²) in [6, 6.07) is 9.84. The van der Waals surface area contributed by atoms with Crippen LogP contribution in [0.15, 0.2) is 41.7 Å². The molecule has 0 fully saturated rings. The fraction of sp³-hybridized carbons (Fsp3) is 0.381. The molecule has 3 rings (SSSR count). The van der Waals surface area contributed by atoms with Gasteiger partial charge in [0.1, 0.15) is 11.7 Å². The van der Waals surface area contributed by atoms with Crippen molar-refractivity contribution in [3.8, 4) is 0 Å². The number of ether oxygens (including phenoxy) is 1. The summed E-state index contributed by atoms with van der Waals surface area (Å²) in [5.41, 5.74) is 4.96. The van der Waals surface area contributed by atoms with Crippen LogP contribution < -0.4 is 5.48 Å². The quantitative estimate of drug-likeness (QED) is 0.423. The molecule has 2 N–H and O–H groups in total. The number of carbonyl (C=O) groups is 1. The molecule has 1 aliphatic heterocycles. The van der Waals surface area contributed by atoms with Crippen LogP contribution in [0.5, 0.6) is 0 Å². The van der Waals surface area contributed by atoms with Crippen LogP contribution in [0.2, 0.25) is 0 Å². The standard InChI is InChI=1S/C21H24N2O4/c1-3-5-6-11-17-19(16-12-14-9-7-8-10-15(14)22-16)20(18(13-24)27-17)21(25)23-26-4-2/h7-10,12,17,22H,3-6,11H2,1-2H3,(H,23,25). The molecular formula is C21H24N2O4. The molecule has 2 heterocycles. The van der Waals surface area contributed by atoms with E-state index in [9.17, 15) is 9.59 Å². The van der Waals surface area contributed by atoms with E-state index < -0.39 is 5.91 Å². The number of hydrogen-bond acceptors (Lipinski definition) is 4. The zero-order chi connectivity index (χ0) is 19.2. The van der Waals surface area contributed by atoms with E-state index in [0.29, 0.717) is 12.2 Å². The van der Waals surface area contributed by atoms with Crippen molar-refractivity contribution in [3.63, 3.8) is 0 Å². The molecule has 6 nitrogen and oxygen atoms in total. The Kier molecular flexibility index (Phi) is 6.12. The number of fused-ring (bicyclic) bond motifs is 1. The van der Waals surface area contributed by atoms with Crippen LogP contribution in [0.25, 0.3) is 16.5 Å². The van der Waals surface area contributed by atoms with Crippen molar-refractivity contribution in [3.05, 3.63) is 47.4 Å². The van der Waals surface area contributed by atoms with E-state index in [1.54, 1.807) is 12.9 Å². The van der Waals surface area contributed by atoms with E-state index in [4.69, 9.17) is 9.57 Å². The molecule has 142 valence electrons. The molecule has 1 amide bonds. The van der Waals surface area contributed by atoms with Gasteiger partial charge in [-0.25, -0.2) is 10.3 Å². The second-order valence-electron chi connectivity index (χ2n) is 6.46. The third-order valence-electron chi connectivity index (χ3n) is 4.60. The molecule has 1 aromatic heterocycles. The SMILES string of the molecule is CCCCCC1OC(=C=O)C(C(=O)NOCC)=C1c1cc2ccccc2[nH]1. The lowest BCUT2D eigenvalue weighted by Gasteiger charge is -2.13. The lowest BCUT2D eigenvalue weighted by molar-refractivity contribution is -0.129. The van der Waals surface area contributed by atoms with Crippen LogP contribution in [0.1, 0.15) is 45.2 Å². The molecule has 0 radical (unpaired) electrons. The van der Waals surface area contributed by atoms with Gasteiger partial charge in [0.15, 0.2) is 5.94 Å². The summed E-state index contributed by atoms with van der Waals surface area (Å²) in [5, 5.41) is 1.03.